The summed E-state index contributed by atoms with van der Waals surface area (Å²) >= 11 is 0. The smallest absolute Gasteiger partial charge is 0.294 e. The molecule has 26 heavy (non-hydrogen) atoms. The number of anilines is 1. The number of aryl methyl sites for hydroxylation is 3. The van der Waals surface area contributed by atoms with Gasteiger partial charge < -0.3 is 9.84 Å². The molecule has 0 radical (unpaired) electrons. The number of carbonyl (C=O) groups excluding carboxylic acids is 1. The number of hydrogen-bond donors (Lipinski definition) is 1. The van der Waals surface area contributed by atoms with Gasteiger partial charge in [0.2, 0.25) is 5.76 Å². The number of nitrogens with zero attached hydrogens (tertiary/aromatic N) is 4. The third-order valence-corrected chi connectivity index (χ3v) is 4.20. The van der Waals surface area contributed by atoms with E-state index in [0.717, 1.165) is 27.9 Å². The van der Waals surface area contributed by atoms with Gasteiger partial charge in [0, 0.05) is 24.1 Å². The van der Waals surface area contributed by atoms with Crippen molar-refractivity contribution in [1.82, 2.24) is 19.9 Å². The first-order valence-corrected chi connectivity index (χ1v) is 8.16. The van der Waals surface area contributed by atoms with Gasteiger partial charge in [-0.3, -0.25) is 9.48 Å². The lowest BCUT2D eigenvalue weighted by atomic mass is 10.1. The summed E-state index contributed by atoms with van der Waals surface area (Å²) in [7, 11) is 1.84. The van der Waals surface area contributed by atoms with Crippen LogP contribution >= 0.6 is 0 Å². The van der Waals surface area contributed by atoms with E-state index in [4.69, 9.17) is 4.52 Å². The molecule has 4 rings (SSSR count). The fourth-order valence-electron chi connectivity index (χ4n) is 2.81. The highest BCUT2D eigenvalue weighted by molar-refractivity contribution is 6.03. The molecule has 0 aliphatic heterocycles. The van der Waals surface area contributed by atoms with Gasteiger partial charge in [0.1, 0.15) is 5.69 Å². The number of hydrogen-bond acceptors (Lipinski definition) is 5. The summed E-state index contributed by atoms with van der Waals surface area (Å²) in [6.07, 6.45) is 1.60. The van der Waals surface area contributed by atoms with Crippen LogP contribution in [-0.4, -0.2) is 25.8 Å². The minimum atomic E-state index is -0.376. The van der Waals surface area contributed by atoms with Crippen LogP contribution in [0.1, 0.15) is 21.8 Å². The fourth-order valence-corrected chi connectivity index (χ4v) is 2.81. The summed E-state index contributed by atoms with van der Waals surface area (Å²) < 4.78 is 6.91. The first-order chi connectivity index (χ1) is 12.5. The monoisotopic (exact) mass is 347 g/mol. The summed E-state index contributed by atoms with van der Waals surface area (Å²) in [4.78, 5) is 16.8. The van der Waals surface area contributed by atoms with E-state index in [-0.39, 0.29) is 11.7 Å². The van der Waals surface area contributed by atoms with E-state index < -0.39 is 0 Å². The Morgan fingerprint density at radius 1 is 1.15 bits per heavy atom. The van der Waals surface area contributed by atoms with Crippen LogP contribution in [0.4, 0.5) is 5.69 Å². The Hall–Kier alpha value is -3.48. The molecule has 0 saturated heterocycles. The number of rotatable bonds is 3. The molecule has 0 atom stereocenters. The van der Waals surface area contributed by atoms with Gasteiger partial charge in [-0.15, -0.1) is 0 Å². The number of carbonyl (C=O) groups is 1. The molecule has 4 aromatic rings. The zero-order valence-corrected chi connectivity index (χ0v) is 14.6. The normalized spacial score (nSPS) is 11.0. The highest BCUT2D eigenvalue weighted by Crippen LogP contribution is 2.22. The third kappa shape index (κ3) is 2.83. The molecule has 0 saturated carbocycles. The summed E-state index contributed by atoms with van der Waals surface area (Å²) in [5.41, 5.74) is 4.87. The number of pyridine rings is 1. The van der Waals surface area contributed by atoms with Crippen molar-refractivity contribution in [2.45, 2.75) is 13.8 Å². The molecule has 0 aliphatic rings. The second-order valence-electron chi connectivity index (χ2n) is 6.20. The zero-order chi connectivity index (χ0) is 18.3. The van der Waals surface area contributed by atoms with Crippen molar-refractivity contribution in [3.63, 3.8) is 0 Å². The molecule has 1 aromatic carbocycles. The largest absolute Gasteiger partial charge is 0.350 e. The maximum atomic E-state index is 12.4. The molecule has 0 unspecified atom stereocenters. The van der Waals surface area contributed by atoms with Gasteiger partial charge in [0.25, 0.3) is 5.91 Å². The standard InChI is InChI=1S/C19H17N5O2/c1-11-4-6-13(7-5-11)16-9-17(26-23-16)19(25)21-14-8-15-12(2)22-24(3)18(15)20-10-14/h4-10H,1-3H3,(H,21,25). The molecule has 1 N–H and O–H groups in total. The van der Waals surface area contributed by atoms with Crippen LogP contribution < -0.4 is 5.32 Å². The molecule has 7 heteroatoms. The minimum absolute atomic E-state index is 0.142. The van der Waals surface area contributed by atoms with Crippen molar-refractivity contribution in [2.24, 2.45) is 7.05 Å². The molecule has 1 amide bonds. The number of benzene rings is 1. The number of aromatic nitrogens is 4. The summed E-state index contributed by atoms with van der Waals surface area (Å²) in [6, 6.07) is 11.3. The minimum Gasteiger partial charge on any atom is -0.350 e. The molecular weight excluding hydrogens is 330 g/mol. The Kier molecular flexibility index (Phi) is 3.76. The maximum absolute atomic E-state index is 12.4. The Labute approximate surface area is 149 Å². The van der Waals surface area contributed by atoms with Crippen LogP contribution in [0.3, 0.4) is 0 Å². The predicted molar refractivity (Wildman–Crippen MR) is 97.9 cm³/mol. The highest BCUT2D eigenvalue weighted by atomic mass is 16.5. The van der Waals surface area contributed by atoms with Crippen molar-refractivity contribution in [3.8, 4) is 11.3 Å². The molecule has 130 valence electrons. The van der Waals surface area contributed by atoms with E-state index in [9.17, 15) is 4.79 Å². The zero-order valence-electron chi connectivity index (χ0n) is 14.6. The van der Waals surface area contributed by atoms with Gasteiger partial charge in [0.15, 0.2) is 5.65 Å². The van der Waals surface area contributed by atoms with Gasteiger partial charge in [-0.2, -0.15) is 5.10 Å². The lowest BCUT2D eigenvalue weighted by Gasteiger charge is -2.02. The summed E-state index contributed by atoms with van der Waals surface area (Å²) in [5, 5.41) is 12.0. The Bertz CT molecular complexity index is 1110. The van der Waals surface area contributed by atoms with Gasteiger partial charge >= 0.3 is 0 Å². The molecule has 0 aliphatic carbocycles. The molecular formula is C19H17N5O2. The SMILES string of the molecule is Cc1ccc(-c2cc(C(=O)Nc3cnc4c(c3)c(C)nn4C)on2)cc1. The van der Waals surface area contributed by atoms with Crippen LogP contribution in [-0.2, 0) is 7.05 Å². The number of amides is 1. The highest BCUT2D eigenvalue weighted by Gasteiger charge is 2.15. The first kappa shape index (κ1) is 16.0. The van der Waals surface area contributed by atoms with E-state index >= 15 is 0 Å². The van der Waals surface area contributed by atoms with Crippen molar-refractivity contribution in [2.75, 3.05) is 5.32 Å². The van der Waals surface area contributed by atoms with E-state index in [0.29, 0.717) is 11.4 Å². The van der Waals surface area contributed by atoms with E-state index in [1.807, 2.05) is 51.2 Å². The third-order valence-electron chi connectivity index (χ3n) is 4.20. The Morgan fingerprint density at radius 2 is 1.92 bits per heavy atom. The van der Waals surface area contributed by atoms with Gasteiger partial charge in [0.05, 0.1) is 17.6 Å². The predicted octanol–water partition coefficient (Wildman–Crippen LogP) is 3.49. The van der Waals surface area contributed by atoms with Gasteiger partial charge in [-0.25, -0.2) is 4.98 Å². The quantitative estimate of drug-likeness (QED) is 0.613. The van der Waals surface area contributed by atoms with E-state index in [1.54, 1.807) is 16.9 Å². The fraction of sp³-hybridized carbons (Fsp3) is 0.158. The van der Waals surface area contributed by atoms with Gasteiger partial charge in [-0.05, 0) is 19.9 Å². The maximum Gasteiger partial charge on any atom is 0.294 e. The number of fused-ring (bicyclic) bond motifs is 1. The lowest BCUT2D eigenvalue weighted by Crippen LogP contribution is -2.11. The molecule has 3 aromatic heterocycles. The van der Waals surface area contributed by atoms with Crippen LogP contribution in [0.25, 0.3) is 22.3 Å². The molecule has 3 heterocycles. The second-order valence-corrected chi connectivity index (χ2v) is 6.20. The average Bonchev–Trinajstić information content (AvgIpc) is 3.22. The van der Waals surface area contributed by atoms with Crippen LogP contribution in [0.5, 0.6) is 0 Å². The van der Waals surface area contributed by atoms with Crippen LogP contribution in [0.2, 0.25) is 0 Å². The molecule has 0 fully saturated rings. The Balaban J connectivity index is 1.57. The molecule has 0 spiro atoms. The molecule has 0 bridgehead atoms. The topological polar surface area (TPSA) is 85.8 Å². The van der Waals surface area contributed by atoms with E-state index in [2.05, 4.69) is 20.6 Å². The summed E-state index contributed by atoms with van der Waals surface area (Å²) in [6.45, 7) is 3.92. The van der Waals surface area contributed by atoms with Crippen molar-refractivity contribution in [3.05, 3.63) is 59.6 Å². The van der Waals surface area contributed by atoms with Crippen molar-refractivity contribution >= 4 is 22.6 Å². The van der Waals surface area contributed by atoms with E-state index in [1.165, 1.54) is 0 Å². The first-order valence-electron chi connectivity index (χ1n) is 8.16. The Morgan fingerprint density at radius 3 is 2.69 bits per heavy atom. The van der Waals surface area contributed by atoms with Crippen molar-refractivity contribution < 1.29 is 9.32 Å². The summed E-state index contributed by atoms with van der Waals surface area (Å²) in [5.74, 6) is -0.234. The average molecular weight is 347 g/mol. The molecule has 7 nitrogen and oxygen atoms in total. The van der Waals surface area contributed by atoms with Crippen LogP contribution in [0.15, 0.2) is 47.1 Å². The number of nitrogens with one attached hydrogen (secondary N) is 1. The van der Waals surface area contributed by atoms with Gasteiger partial charge in [-0.1, -0.05) is 35.0 Å². The lowest BCUT2D eigenvalue weighted by molar-refractivity contribution is 0.0988. The second kappa shape index (κ2) is 6.11. The van der Waals surface area contributed by atoms with Crippen molar-refractivity contribution in [1.29, 1.82) is 0 Å². The van der Waals surface area contributed by atoms with Crippen LogP contribution in [0, 0.1) is 13.8 Å².